The number of nitrogens with zero attached hydrogens (tertiary/aromatic N) is 3. The Balaban J connectivity index is 1.32. The molecule has 6 aromatic carbocycles. The summed E-state index contributed by atoms with van der Waals surface area (Å²) in [6, 6.07) is 42.2. The molecule has 1 aliphatic carbocycles. The summed E-state index contributed by atoms with van der Waals surface area (Å²) in [5, 5.41) is 5.63. The first kappa shape index (κ1) is 25.6. The van der Waals surface area contributed by atoms with E-state index in [2.05, 4.69) is 104 Å². The molecule has 3 nitrogen and oxygen atoms in total. The van der Waals surface area contributed by atoms with Gasteiger partial charge >= 0.3 is 0 Å². The van der Waals surface area contributed by atoms with Gasteiger partial charge in [-0.25, -0.2) is 15.0 Å². The Labute approximate surface area is 263 Å². The van der Waals surface area contributed by atoms with Crippen molar-refractivity contribution in [2.45, 2.75) is 12.8 Å². The van der Waals surface area contributed by atoms with Gasteiger partial charge in [0, 0.05) is 53.4 Å². The van der Waals surface area contributed by atoms with Gasteiger partial charge in [0.2, 0.25) is 0 Å². The van der Waals surface area contributed by atoms with Gasteiger partial charge in [0.05, 0.1) is 0 Å². The summed E-state index contributed by atoms with van der Waals surface area (Å²) < 4.78 is 2.47. The Kier molecular flexibility index (Phi) is 5.71. The third-order valence-corrected chi connectivity index (χ3v) is 10.3. The molecule has 0 fully saturated rings. The van der Waals surface area contributed by atoms with E-state index in [0.717, 1.165) is 27.3 Å². The lowest BCUT2D eigenvalue weighted by molar-refractivity contribution is 0.961. The van der Waals surface area contributed by atoms with E-state index in [1.54, 1.807) is 11.3 Å². The number of benzene rings is 6. The molecule has 0 saturated carbocycles. The molecule has 0 radical (unpaired) electrons. The summed E-state index contributed by atoms with van der Waals surface area (Å²) in [6.45, 7) is 2.27. The summed E-state index contributed by atoms with van der Waals surface area (Å²) in [4.78, 5) is 15.5. The zero-order valence-electron chi connectivity index (χ0n) is 23.8. The Bertz CT molecular complexity index is 2430. The third kappa shape index (κ3) is 3.78. The van der Waals surface area contributed by atoms with Gasteiger partial charge in [0.15, 0.2) is 17.5 Å². The highest BCUT2D eigenvalue weighted by Crippen LogP contribution is 2.53. The van der Waals surface area contributed by atoms with Gasteiger partial charge < -0.3 is 0 Å². The van der Waals surface area contributed by atoms with Crippen LogP contribution in [0.5, 0.6) is 0 Å². The van der Waals surface area contributed by atoms with Gasteiger partial charge in [-0.2, -0.15) is 0 Å². The van der Waals surface area contributed by atoms with Crippen molar-refractivity contribution < 1.29 is 0 Å². The molecule has 8 aromatic rings. The SMILES string of the molecule is CC1c2c(-c3nc(-c4ccccc4)nc(-c4cccc5sc6ccccc6c45)n3)ccc(Cl)c2-c2ccc3ccccc3c21. The van der Waals surface area contributed by atoms with E-state index >= 15 is 0 Å². The minimum absolute atomic E-state index is 0.115. The second-order valence-electron chi connectivity index (χ2n) is 11.3. The molecule has 1 unspecified atom stereocenters. The van der Waals surface area contributed by atoms with Crippen molar-refractivity contribution in [3.05, 3.63) is 137 Å². The Morgan fingerprint density at radius 1 is 0.545 bits per heavy atom. The number of halogens is 1. The van der Waals surface area contributed by atoms with Gasteiger partial charge in [0.25, 0.3) is 0 Å². The topological polar surface area (TPSA) is 38.7 Å². The highest BCUT2D eigenvalue weighted by molar-refractivity contribution is 7.25. The number of hydrogen-bond donors (Lipinski definition) is 0. The first-order chi connectivity index (χ1) is 21.7. The molecule has 44 heavy (non-hydrogen) atoms. The Hall–Kier alpha value is -4.90. The number of thiophene rings is 1. The average Bonchev–Trinajstić information content (AvgIpc) is 3.61. The zero-order valence-corrected chi connectivity index (χ0v) is 25.3. The molecule has 0 aliphatic heterocycles. The van der Waals surface area contributed by atoms with E-state index < -0.39 is 0 Å². The molecule has 0 N–H and O–H groups in total. The van der Waals surface area contributed by atoms with Gasteiger partial charge in [-0.05, 0) is 51.7 Å². The van der Waals surface area contributed by atoms with Gasteiger partial charge in [0.1, 0.15) is 0 Å². The Morgan fingerprint density at radius 3 is 2.09 bits per heavy atom. The molecule has 0 bridgehead atoms. The monoisotopic (exact) mass is 601 g/mol. The van der Waals surface area contributed by atoms with Crippen molar-refractivity contribution in [1.82, 2.24) is 15.0 Å². The quantitative estimate of drug-likeness (QED) is 0.202. The van der Waals surface area contributed by atoms with E-state index in [4.69, 9.17) is 26.6 Å². The molecule has 208 valence electrons. The maximum absolute atomic E-state index is 6.98. The predicted octanol–water partition coefficient (Wildman–Crippen LogP) is 11.2. The normalized spacial score (nSPS) is 13.9. The smallest absolute Gasteiger partial charge is 0.164 e. The lowest BCUT2D eigenvalue weighted by Crippen LogP contribution is -2.03. The molecule has 1 atom stereocenters. The number of rotatable bonds is 3. The van der Waals surface area contributed by atoms with Crippen molar-refractivity contribution >= 4 is 53.9 Å². The van der Waals surface area contributed by atoms with E-state index in [9.17, 15) is 0 Å². The number of hydrogen-bond acceptors (Lipinski definition) is 4. The molecule has 0 amide bonds. The maximum atomic E-state index is 6.98. The van der Waals surface area contributed by atoms with Crippen molar-refractivity contribution in [1.29, 1.82) is 0 Å². The molecule has 0 saturated heterocycles. The van der Waals surface area contributed by atoms with Crippen LogP contribution in [-0.4, -0.2) is 15.0 Å². The van der Waals surface area contributed by atoms with Crippen LogP contribution in [0.15, 0.2) is 121 Å². The highest BCUT2D eigenvalue weighted by atomic mass is 35.5. The van der Waals surface area contributed by atoms with E-state index in [1.165, 1.54) is 47.6 Å². The summed E-state index contributed by atoms with van der Waals surface area (Å²) in [7, 11) is 0. The summed E-state index contributed by atoms with van der Waals surface area (Å²) >= 11 is 8.78. The zero-order chi connectivity index (χ0) is 29.4. The third-order valence-electron chi connectivity index (χ3n) is 8.85. The molecule has 0 spiro atoms. The van der Waals surface area contributed by atoms with Crippen molar-refractivity contribution in [2.24, 2.45) is 0 Å². The minimum Gasteiger partial charge on any atom is -0.208 e. The second-order valence-corrected chi connectivity index (χ2v) is 12.8. The van der Waals surface area contributed by atoms with Crippen LogP contribution < -0.4 is 0 Å². The number of aromatic nitrogens is 3. The minimum atomic E-state index is 0.115. The first-order valence-electron chi connectivity index (χ1n) is 14.7. The summed E-state index contributed by atoms with van der Waals surface area (Å²) in [5.41, 5.74) is 7.68. The summed E-state index contributed by atoms with van der Waals surface area (Å²) in [6.07, 6.45) is 0. The molecule has 9 rings (SSSR count). The molecule has 1 aliphatic rings. The van der Waals surface area contributed by atoms with E-state index in [-0.39, 0.29) is 5.92 Å². The summed E-state index contributed by atoms with van der Waals surface area (Å²) in [5.74, 6) is 2.09. The van der Waals surface area contributed by atoms with Gasteiger partial charge in [-0.3, -0.25) is 0 Å². The lowest BCUT2D eigenvalue weighted by atomic mass is 9.91. The fourth-order valence-corrected chi connectivity index (χ4v) is 8.33. The van der Waals surface area contributed by atoms with Crippen LogP contribution >= 0.6 is 22.9 Å². The van der Waals surface area contributed by atoms with Crippen molar-refractivity contribution in [3.63, 3.8) is 0 Å². The van der Waals surface area contributed by atoms with Gasteiger partial charge in [-0.15, -0.1) is 11.3 Å². The van der Waals surface area contributed by atoms with Crippen LogP contribution in [0.25, 0.3) is 76.2 Å². The van der Waals surface area contributed by atoms with Gasteiger partial charge in [-0.1, -0.05) is 116 Å². The van der Waals surface area contributed by atoms with Crippen LogP contribution in [0.1, 0.15) is 24.0 Å². The van der Waals surface area contributed by atoms with Crippen molar-refractivity contribution in [2.75, 3.05) is 0 Å². The Morgan fingerprint density at radius 2 is 1.23 bits per heavy atom. The molecule has 2 aromatic heterocycles. The maximum Gasteiger partial charge on any atom is 0.164 e. The lowest BCUT2D eigenvalue weighted by Gasteiger charge is -2.15. The molecular formula is C39H24ClN3S. The van der Waals surface area contributed by atoms with E-state index in [0.29, 0.717) is 17.5 Å². The second kappa shape index (κ2) is 9.81. The predicted molar refractivity (Wildman–Crippen MR) is 184 cm³/mol. The standard InChI is InChI=1S/C39H24ClN3S/c1-22-33-25-13-6-5-10-23(25)18-19-27(33)36-30(40)21-20-29(34(22)36)39-42-37(24-11-3-2-4-12-24)41-38(43-39)28-15-9-17-32-35(28)26-14-7-8-16-31(26)44-32/h2-22H,1H3. The van der Waals surface area contributed by atoms with Crippen LogP contribution in [0.4, 0.5) is 0 Å². The van der Waals surface area contributed by atoms with Crippen LogP contribution in [-0.2, 0) is 0 Å². The largest absolute Gasteiger partial charge is 0.208 e. The average molecular weight is 602 g/mol. The fraction of sp³-hybridized carbons (Fsp3) is 0.0513. The van der Waals surface area contributed by atoms with Crippen molar-refractivity contribution in [3.8, 4) is 45.3 Å². The van der Waals surface area contributed by atoms with Crippen LogP contribution in [0.3, 0.4) is 0 Å². The fourth-order valence-electron chi connectivity index (χ4n) is 6.93. The number of fused-ring (bicyclic) bond motifs is 8. The van der Waals surface area contributed by atoms with Crippen LogP contribution in [0.2, 0.25) is 5.02 Å². The molecular weight excluding hydrogens is 578 g/mol. The highest BCUT2D eigenvalue weighted by Gasteiger charge is 2.33. The molecule has 2 heterocycles. The first-order valence-corrected chi connectivity index (χ1v) is 15.9. The molecule has 5 heteroatoms. The van der Waals surface area contributed by atoms with Crippen LogP contribution in [0, 0.1) is 0 Å². The van der Waals surface area contributed by atoms with E-state index in [1.807, 2.05) is 24.3 Å².